The monoisotopic (exact) mass is 629 g/mol. The molecule has 0 aliphatic rings. The van der Waals surface area contributed by atoms with E-state index in [9.17, 15) is 19.2 Å². The maximum Gasteiger partial charge on any atom is 0.338 e. The van der Waals surface area contributed by atoms with E-state index in [4.69, 9.17) is 20.9 Å². The van der Waals surface area contributed by atoms with Crippen molar-refractivity contribution in [1.82, 2.24) is 10.6 Å². The van der Waals surface area contributed by atoms with Crippen LogP contribution in [0.2, 0.25) is 0 Å². The van der Waals surface area contributed by atoms with Gasteiger partial charge in [-0.2, -0.15) is 0 Å². The smallest absolute Gasteiger partial charge is 0.338 e. The Kier molecular flexibility index (Phi) is 17.5. The fraction of sp³-hybridized carbons (Fsp3) is 0.406. The highest BCUT2D eigenvalue weighted by atomic mass is 35.5. The molecule has 240 valence electrons. The Morgan fingerprint density at radius 3 is 2.16 bits per heavy atom. The molecule has 0 aliphatic carbocycles. The van der Waals surface area contributed by atoms with Crippen LogP contribution in [-0.4, -0.2) is 61.9 Å². The summed E-state index contributed by atoms with van der Waals surface area (Å²) in [5.74, 6) is -1.68. The molecular weight excluding hydrogens is 586 g/mol. The van der Waals surface area contributed by atoms with Crippen LogP contribution in [0.5, 0.6) is 5.75 Å². The zero-order valence-electron chi connectivity index (χ0n) is 25.4. The standard InChI is InChI=1S/C32H43N5O6.ClH/c1-4-18-43-26-15-13-24(14-16-26)19-27(36-22(2)38)29(39)21-25(12-8-9-17-35-32(33)34)30(40)37-28(31(41)42-3)20-23-10-6-5-7-11-23;/h4-7,10-11,13-16,25,27-28H,1,8-9,12,17-21H2,2-3H3,(H,36,38)(H,37,40)(H4,33,34,35);1H/t25-,27+,28+;/m1./s1. The highest BCUT2D eigenvalue weighted by Gasteiger charge is 2.30. The molecule has 2 rings (SSSR count). The SMILES string of the molecule is C=CCOc1ccc(C[C@H](NC(C)=O)C(=O)C[C@@H](CCCC[NH+]=C(N)N)C(=O)N[C@@H](Cc2ccccc2)C(=O)OC)cc1.[Cl-]. The predicted molar refractivity (Wildman–Crippen MR) is 164 cm³/mol. The first-order chi connectivity index (χ1) is 20.6. The third-order valence-electron chi connectivity index (χ3n) is 6.71. The van der Waals surface area contributed by atoms with E-state index in [1.807, 2.05) is 42.5 Å². The van der Waals surface area contributed by atoms with E-state index in [1.165, 1.54) is 14.0 Å². The summed E-state index contributed by atoms with van der Waals surface area (Å²) in [6, 6.07) is 14.7. The minimum atomic E-state index is -0.932. The predicted octanol–water partition coefficient (Wildman–Crippen LogP) is -2.70. The van der Waals surface area contributed by atoms with Gasteiger partial charge in [0.2, 0.25) is 11.8 Å². The van der Waals surface area contributed by atoms with E-state index >= 15 is 0 Å². The van der Waals surface area contributed by atoms with Crippen molar-refractivity contribution in [2.45, 2.75) is 57.5 Å². The molecule has 0 heterocycles. The molecule has 0 radical (unpaired) electrons. The summed E-state index contributed by atoms with van der Waals surface area (Å²) < 4.78 is 10.5. The number of rotatable bonds is 19. The first kappa shape index (κ1) is 37.6. The number of benzene rings is 2. The van der Waals surface area contributed by atoms with Gasteiger partial charge in [-0.3, -0.25) is 30.8 Å². The van der Waals surface area contributed by atoms with Gasteiger partial charge < -0.3 is 32.5 Å². The van der Waals surface area contributed by atoms with Crippen molar-refractivity contribution in [1.29, 1.82) is 0 Å². The molecule has 12 heteroatoms. The maximum absolute atomic E-state index is 13.6. The number of nitrogens with two attached hydrogens (primary N) is 2. The minimum Gasteiger partial charge on any atom is -1.00 e. The summed E-state index contributed by atoms with van der Waals surface area (Å²) in [6.45, 7) is 5.84. The average molecular weight is 630 g/mol. The zero-order chi connectivity index (χ0) is 31.6. The molecule has 3 atom stereocenters. The van der Waals surface area contributed by atoms with Gasteiger partial charge in [0.15, 0.2) is 5.78 Å². The van der Waals surface area contributed by atoms with Crippen LogP contribution in [0.25, 0.3) is 0 Å². The van der Waals surface area contributed by atoms with Gasteiger partial charge in [-0.25, -0.2) is 4.79 Å². The number of amides is 2. The molecule has 2 aromatic rings. The van der Waals surface area contributed by atoms with Crippen LogP contribution < -0.4 is 44.2 Å². The largest absolute Gasteiger partial charge is 1.00 e. The van der Waals surface area contributed by atoms with Gasteiger partial charge in [-0.05, 0) is 48.9 Å². The minimum absolute atomic E-state index is 0. The van der Waals surface area contributed by atoms with Gasteiger partial charge >= 0.3 is 11.9 Å². The van der Waals surface area contributed by atoms with Gasteiger partial charge in [0.25, 0.3) is 0 Å². The van der Waals surface area contributed by atoms with Crippen molar-refractivity contribution in [3.8, 4) is 5.75 Å². The molecule has 0 aromatic heterocycles. The third-order valence-corrected chi connectivity index (χ3v) is 6.71. The van der Waals surface area contributed by atoms with Gasteiger partial charge in [0, 0.05) is 25.7 Å². The van der Waals surface area contributed by atoms with Crippen molar-refractivity contribution >= 4 is 29.5 Å². The zero-order valence-corrected chi connectivity index (χ0v) is 26.1. The van der Waals surface area contributed by atoms with E-state index in [0.717, 1.165) is 11.1 Å². The number of hydrogen-bond acceptors (Lipinski definition) is 6. The number of ether oxygens (including phenoxy) is 2. The van der Waals surface area contributed by atoms with Crippen LogP contribution >= 0.6 is 0 Å². The van der Waals surface area contributed by atoms with Crippen molar-refractivity contribution < 1.29 is 46.1 Å². The van der Waals surface area contributed by atoms with Crippen molar-refractivity contribution in [3.63, 3.8) is 0 Å². The van der Waals surface area contributed by atoms with Crippen LogP contribution in [0, 0.1) is 5.92 Å². The van der Waals surface area contributed by atoms with Crippen LogP contribution in [-0.2, 0) is 36.8 Å². The number of ketones is 1. The second-order valence-electron chi connectivity index (χ2n) is 10.2. The molecule has 2 aromatic carbocycles. The Morgan fingerprint density at radius 2 is 1.57 bits per heavy atom. The van der Waals surface area contributed by atoms with E-state index in [0.29, 0.717) is 38.2 Å². The van der Waals surface area contributed by atoms with Crippen LogP contribution in [0.15, 0.2) is 67.3 Å². The summed E-state index contributed by atoms with van der Waals surface area (Å²) in [6.07, 6.45) is 3.59. The number of guanidine groups is 1. The lowest BCUT2D eigenvalue weighted by Crippen LogP contribution is -3.00. The van der Waals surface area contributed by atoms with E-state index < -0.39 is 29.9 Å². The topological polar surface area (TPSA) is 177 Å². The molecule has 7 N–H and O–H groups in total. The molecule has 0 saturated heterocycles. The third kappa shape index (κ3) is 14.2. The van der Waals surface area contributed by atoms with E-state index in [2.05, 4.69) is 22.2 Å². The number of carbonyl (C=O) groups excluding carboxylic acids is 4. The Hall–Kier alpha value is -4.38. The van der Waals surface area contributed by atoms with Gasteiger partial charge in [0.05, 0.1) is 19.7 Å². The molecule has 2 amide bonds. The summed E-state index contributed by atoms with van der Waals surface area (Å²) in [7, 11) is 1.26. The quantitative estimate of drug-likeness (QED) is 0.0367. The van der Waals surface area contributed by atoms with Gasteiger partial charge in [-0.15, -0.1) is 0 Å². The number of halogens is 1. The molecule has 0 spiro atoms. The van der Waals surface area contributed by atoms with Crippen LogP contribution in [0.1, 0.15) is 43.7 Å². The lowest BCUT2D eigenvalue weighted by Gasteiger charge is -2.23. The Labute approximate surface area is 265 Å². The molecule has 0 bridgehead atoms. The maximum atomic E-state index is 13.6. The van der Waals surface area contributed by atoms with Crippen molar-refractivity contribution in [3.05, 3.63) is 78.4 Å². The van der Waals surface area contributed by atoms with E-state index in [1.54, 1.807) is 18.2 Å². The fourth-order valence-electron chi connectivity index (χ4n) is 4.54. The molecule has 44 heavy (non-hydrogen) atoms. The van der Waals surface area contributed by atoms with Crippen LogP contribution in [0.3, 0.4) is 0 Å². The summed E-state index contributed by atoms with van der Waals surface area (Å²) in [5.41, 5.74) is 12.6. The molecule has 0 unspecified atom stereocenters. The van der Waals surface area contributed by atoms with Crippen molar-refractivity contribution in [2.75, 3.05) is 20.3 Å². The second-order valence-corrected chi connectivity index (χ2v) is 10.2. The number of methoxy groups -OCH3 is 1. The highest BCUT2D eigenvalue weighted by Crippen LogP contribution is 2.19. The lowest BCUT2D eigenvalue weighted by atomic mass is 9.90. The molecular formula is C32H44ClN5O6. The van der Waals surface area contributed by atoms with Gasteiger partial charge in [0.1, 0.15) is 18.4 Å². The Balaban J connectivity index is 0.00000968. The molecule has 0 fully saturated rings. The number of hydrogen-bond donors (Lipinski definition) is 5. The summed E-state index contributed by atoms with van der Waals surface area (Å²) in [5, 5.41) is 5.53. The Bertz CT molecular complexity index is 1240. The number of unbranched alkanes of at least 4 members (excludes halogenated alkanes) is 1. The lowest BCUT2D eigenvalue weighted by molar-refractivity contribution is -0.459. The van der Waals surface area contributed by atoms with Gasteiger partial charge in [-0.1, -0.05) is 55.1 Å². The average Bonchev–Trinajstić information content (AvgIpc) is 2.98. The van der Waals surface area contributed by atoms with Crippen LogP contribution in [0.4, 0.5) is 0 Å². The molecule has 0 aliphatic heterocycles. The summed E-state index contributed by atoms with van der Waals surface area (Å²) in [4.78, 5) is 54.6. The second kappa shape index (κ2) is 20.5. The fourth-order valence-corrected chi connectivity index (χ4v) is 4.54. The first-order valence-corrected chi connectivity index (χ1v) is 14.3. The molecule has 0 saturated carbocycles. The van der Waals surface area contributed by atoms with E-state index in [-0.39, 0.29) is 49.3 Å². The summed E-state index contributed by atoms with van der Waals surface area (Å²) >= 11 is 0. The number of Topliss-reactive ketones (excluding diaryl/α,β-unsaturated/α-hetero) is 1. The number of nitrogens with one attached hydrogen (secondary N) is 3. The number of carbonyl (C=O) groups is 4. The Morgan fingerprint density at radius 1 is 0.932 bits per heavy atom. The van der Waals surface area contributed by atoms with Crippen molar-refractivity contribution in [2.24, 2.45) is 17.4 Å². The highest BCUT2D eigenvalue weighted by molar-refractivity contribution is 5.93. The molecule has 11 nitrogen and oxygen atoms in total. The number of esters is 1. The normalized spacial score (nSPS) is 12.3. The first-order valence-electron chi connectivity index (χ1n) is 14.3.